The fourth-order valence-electron chi connectivity index (χ4n) is 2.85. The Morgan fingerprint density at radius 3 is 2.19 bits per heavy atom. The molecule has 0 radical (unpaired) electrons. The quantitative estimate of drug-likeness (QED) is 0.367. The van der Waals surface area contributed by atoms with Gasteiger partial charge in [-0.2, -0.15) is 5.10 Å². The van der Waals surface area contributed by atoms with Crippen molar-refractivity contribution in [3.63, 3.8) is 0 Å². The van der Waals surface area contributed by atoms with Crippen LogP contribution in [0.4, 0.5) is 11.5 Å². The van der Waals surface area contributed by atoms with Gasteiger partial charge in [-0.05, 0) is 36.6 Å². The number of benzene rings is 2. The maximum absolute atomic E-state index is 6.20. The lowest BCUT2D eigenvalue weighted by molar-refractivity contribution is 0.324. The van der Waals surface area contributed by atoms with E-state index in [2.05, 4.69) is 20.5 Å². The molecule has 164 valence electrons. The molecule has 0 amide bonds. The molecule has 1 heterocycles. The molecule has 0 unspecified atom stereocenters. The van der Waals surface area contributed by atoms with Gasteiger partial charge in [0.1, 0.15) is 5.75 Å². The second kappa shape index (κ2) is 10.3. The van der Waals surface area contributed by atoms with E-state index in [1.165, 1.54) is 11.8 Å². The first-order valence-electron chi connectivity index (χ1n) is 9.12. The molecule has 3 rings (SSSR count). The van der Waals surface area contributed by atoms with Crippen molar-refractivity contribution in [1.29, 1.82) is 0 Å². The van der Waals surface area contributed by atoms with Crippen molar-refractivity contribution in [2.24, 2.45) is 4.99 Å². The first-order valence-corrected chi connectivity index (χ1v) is 10.7. The smallest absolute Gasteiger partial charge is 0.203 e. The summed E-state index contributed by atoms with van der Waals surface area (Å²) in [5.41, 5.74) is 2.37. The van der Waals surface area contributed by atoms with Crippen molar-refractivity contribution < 1.29 is 18.9 Å². The summed E-state index contributed by atoms with van der Waals surface area (Å²) in [7, 11) is 6.29. The summed E-state index contributed by atoms with van der Waals surface area (Å²) in [6.07, 6.45) is 1.92. The molecule has 0 fully saturated rings. The summed E-state index contributed by atoms with van der Waals surface area (Å²) >= 11 is 7.65. The third kappa shape index (κ3) is 5.18. The van der Waals surface area contributed by atoms with E-state index in [9.17, 15) is 0 Å². The van der Waals surface area contributed by atoms with Crippen LogP contribution in [0.1, 0.15) is 0 Å². The number of thioether (sulfide) groups is 1. The van der Waals surface area contributed by atoms with Crippen LogP contribution in [-0.2, 0) is 0 Å². The highest BCUT2D eigenvalue weighted by Crippen LogP contribution is 2.41. The van der Waals surface area contributed by atoms with Crippen LogP contribution in [0.25, 0.3) is 11.3 Å². The molecule has 8 nitrogen and oxygen atoms in total. The molecule has 31 heavy (non-hydrogen) atoms. The number of rotatable bonds is 7. The molecule has 0 saturated heterocycles. The molecule has 3 aromatic rings. The number of aliphatic imine (C=N–C) groups is 1. The van der Waals surface area contributed by atoms with Crippen LogP contribution in [0.15, 0.2) is 41.4 Å². The van der Waals surface area contributed by atoms with Crippen molar-refractivity contribution in [3.05, 3.63) is 41.4 Å². The molecule has 0 bridgehead atoms. The number of methoxy groups -OCH3 is 4. The summed E-state index contributed by atoms with van der Waals surface area (Å²) < 4.78 is 21.4. The van der Waals surface area contributed by atoms with E-state index in [-0.39, 0.29) is 0 Å². The number of amidine groups is 1. The maximum atomic E-state index is 6.20. The lowest BCUT2D eigenvalue weighted by atomic mass is 10.1. The number of nitrogens with zero attached hydrogens (tertiary/aromatic N) is 2. The van der Waals surface area contributed by atoms with Gasteiger partial charge in [0.05, 0.1) is 39.2 Å². The Morgan fingerprint density at radius 1 is 0.968 bits per heavy atom. The molecule has 0 aliphatic carbocycles. The van der Waals surface area contributed by atoms with Crippen LogP contribution in [-0.4, -0.2) is 50.1 Å². The molecule has 0 atom stereocenters. The highest BCUT2D eigenvalue weighted by molar-refractivity contribution is 8.13. The fourth-order valence-corrected chi connectivity index (χ4v) is 3.51. The summed E-state index contributed by atoms with van der Waals surface area (Å²) in [5, 5.41) is 11.7. The van der Waals surface area contributed by atoms with Crippen molar-refractivity contribution in [1.82, 2.24) is 10.2 Å². The van der Waals surface area contributed by atoms with Gasteiger partial charge in [-0.1, -0.05) is 23.4 Å². The largest absolute Gasteiger partial charge is 0.495 e. The predicted molar refractivity (Wildman–Crippen MR) is 126 cm³/mol. The highest BCUT2D eigenvalue weighted by Gasteiger charge is 2.15. The second-order valence-corrected chi connectivity index (χ2v) is 7.35. The van der Waals surface area contributed by atoms with Gasteiger partial charge in [0, 0.05) is 17.3 Å². The summed E-state index contributed by atoms with van der Waals surface area (Å²) in [6, 6.07) is 10.9. The average molecular weight is 463 g/mol. The number of anilines is 1. The van der Waals surface area contributed by atoms with E-state index in [4.69, 9.17) is 30.5 Å². The summed E-state index contributed by atoms with van der Waals surface area (Å²) in [5.74, 6) is 2.76. The molecule has 0 saturated carbocycles. The number of halogens is 1. The number of aromatic amines is 1. The SMILES string of the molecule is COc1ccc(NC(=Nc2cc(-c3cc(OC)c(OC)c(OC)c3)[nH]n2)SC)cc1Cl. The normalized spacial score (nSPS) is 11.2. The average Bonchev–Trinajstić information content (AvgIpc) is 3.26. The van der Waals surface area contributed by atoms with E-state index in [0.717, 1.165) is 16.9 Å². The van der Waals surface area contributed by atoms with E-state index in [1.807, 2.05) is 30.5 Å². The number of ether oxygens (including phenoxy) is 4. The number of H-pyrrole nitrogens is 1. The number of hydrogen-bond acceptors (Lipinski definition) is 7. The van der Waals surface area contributed by atoms with Crippen LogP contribution >= 0.6 is 23.4 Å². The lowest BCUT2D eigenvalue weighted by Gasteiger charge is -2.13. The fraction of sp³-hybridized carbons (Fsp3) is 0.238. The Morgan fingerprint density at radius 2 is 1.65 bits per heavy atom. The number of hydrogen-bond donors (Lipinski definition) is 2. The Bertz CT molecular complexity index is 1060. The van der Waals surface area contributed by atoms with Crippen molar-refractivity contribution in [2.45, 2.75) is 0 Å². The van der Waals surface area contributed by atoms with Gasteiger partial charge in [0.15, 0.2) is 22.5 Å². The first-order chi connectivity index (χ1) is 15.0. The van der Waals surface area contributed by atoms with Crippen LogP contribution in [0.2, 0.25) is 5.02 Å². The van der Waals surface area contributed by atoms with E-state index in [1.54, 1.807) is 40.6 Å². The van der Waals surface area contributed by atoms with Gasteiger partial charge < -0.3 is 24.3 Å². The minimum absolute atomic E-state index is 0.511. The topological polar surface area (TPSA) is 90.0 Å². The van der Waals surface area contributed by atoms with Gasteiger partial charge in [0.25, 0.3) is 0 Å². The first kappa shape index (κ1) is 22.6. The summed E-state index contributed by atoms with van der Waals surface area (Å²) in [4.78, 5) is 4.57. The third-order valence-corrected chi connectivity index (χ3v) is 5.23. The van der Waals surface area contributed by atoms with E-state index >= 15 is 0 Å². The van der Waals surface area contributed by atoms with E-state index < -0.39 is 0 Å². The van der Waals surface area contributed by atoms with Crippen LogP contribution < -0.4 is 24.3 Å². The molecule has 1 aromatic heterocycles. The summed E-state index contributed by atoms with van der Waals surface area (Å²) in [6.45, 7) is 0. The Balaban J connectivity index is 1.87. The van der Waals surface area contributed by atoms with Crippen molar-refractivity contribution in [3.8, 4) is 34.3 Å². The van der Waals surface area contributed by atoms with Crippen LogP contribution in [0.3, 0.4) is 0 Å². The van der Waals surface area contributed by atoms with Crippen LogP contribution in [0, 0.1) is 0 Å². The third-order valence-electron chi connectivity index (χ3n) is 4.35. The molecule has 2 N–H and O–H groups in total. The molecular formula is C21H23ClN4O4S. The van der Waals surface area contributed by atoms with Crippen molar-refractivity contribution >= 4 is 40.0 Å². The standard InChI is InChI=1S/C21H23ClN4O4S/c1-27-16-7-6-13(10-14(16)22)23-21(31-5)24-19-11-15(25-26-19)12-8-17(28-2)20(30-4)18(9-12)29-3/h6-11H,1-5H3,(H2,23,24,25,26). The number of nitrogens with one attached hydrogen (secondary N) is 2. The predicted octanol–water partition coefficient (Wildman–Crippen LogP) is 5.23. The highest BCUT2D eigenvalue weighted by atomic mass is 35.5. The Hall–Kier alpha value is -3.04. The molecule has 0 aliphatic rings. The monoisotopic (exact) mass is 462 g/mol. The molecule has 2 aromatic carbocycles. The Labute approximate surface area is 189 Å². The maximum Gasteiger partial charge on any atom is 0.203 e. The number of aromatic nitrogens is 2. The van der Waals surface area contributed by atoms with Crippen LogP contribution in [0.5, 0.6) is 23.0 Å². The Kier molecular flexibility index (Phi) is 7.54. The minimum Gasteiger partial charge on any atom is -0.495 e. The molecule has 10 heteroatoms. The van der Waals surface area contributed by atoms with Crippen molar-refractivity contribution in [2.75, 3.05) is 40.0 Å². The molecule has 0 aliphatic heterocycles. The zero-order valence-corrected chi connectivity index (χ0v) is 19.4. The van der Waals surface area contributed by atoms with E-state index in [0.29, 0.717) is 39.0 Å². The molecule has 0 spiro atoms. The second-order valence-electron chi connectivity index (χ2n) is 6.15. The lowest BCUT2D eigenvalue weighted by Crippen LogP contribution is -2.06. The zero-order chi connectivity index (χ0) is 22.4. The zero-order valence-electron chi connectivity index (χ0n) is 17.8. The van der Waals surface area contributed by atoms with Gasteiger partial charge >= 0.3 is 0 Å². The van der Waals surface area contributed by atoms with Gasteiger partial charge in [-0.15, -0.1) is 0 Å². The van der Waals surface area contributed by atoms with Gasteiger partial charge in [-0.3, -0.25) is 5.10 Å². The van der Waals surface area contributed by atoms with Gasteiger partial charge in [0.2, 0.25) is 5.75 Å². The molecular weight excluding hydrogens is 440 g/mol. The van der Waals surface area contributed by atoms with Gasteiger partial charge in [-0.25, -0.2) is 4.99 Å². The minimum atomic E-state index is 0.511.